The van der Waals surface area contributed by atoms with Crippen molar-refractivity contribution in [2.24, 2.45) is 11.8 Å². The lowest BCUT2D eigenvalue weighted by atomic mass is 9.78. The van der Waals surface area contributed by atoms with Crippen LogP contribution in [0.5, 0.6) is 0 Å². The average molecular weight is 309 g/mol. The fourth-order valence-electron chi connectivity index (χ4n) is 3.22. The summed E-state index contributed by atoms with van der Waals surface area (Å²) in [5.74, 6) is -2.98. The van der Waals surface area contributed by atoms with Crippen molar-refractivity contribution in [3.63, 3.8) is 0 Å². The SMILES string of the molecule is O=C([O-])[C@@H]1[C@@H](C(=O)NCc2ccc(Cl)cc2)[C@H]2CC[C@@H]1O2. The van der Waals surface area contributed by atoms with Crippen LogP contribution in [-0.2, 0) is 20.9 Å². The van der Waals surface area contributed by atoms with Crippen LogP contribution in [-0.4, -0.2) is 24.1 Å². The number of hydrogen-bond donors (Lipinski definition) is 1. The molecule has 1 aromatic carbocycles. The normalized spacial score (nSPS) is 30.3. The van der Waals surface area contributed by atoms with Crippen LogP contribution in [0.1, 0.15) is 18.4 Å². The maximum Gasteiger partial charge on any atom is 0.226 e. The maximum absolute atomic E-state index is 12.3. The minimum Gasteiger partial charge on any atom is -0.550 e. The quantitative estimate of drug-likeness (QED) is 0.878. The topological polar surface area (TPSA) is 78.5 Å². The second-order valence-electron chi connectivity index (χ2n) is 5.51. The van der Waals surface area contributed by atoms with Crippen molar-refractivity contribution in [3.8, 4) is 0 Å². The average Bonchev–Trinajstić information content (AvgIpc) is 3.06. The van der Waals surface area contributed by atoms with E-state index < -0.39 is 17.8 Å². The standard InChI is InChI=1S/C15H16ClNO4/c16-9-3-1-8(2-4-9)7-17-14(18)12-10-5-6-11(21-10)13(12)15(19)20/h1-4,10-13H,5-7H2,(H,17,18)(H,19,20)/p-1/t10-,11+,12+,13+/m1/s1. The van der Waals surface area contributed by atoms with Gasteiger partial charge in [0, 0.05) is 23.5 Å². The molecule has 2 saturated heterocycles. The largest absolute Gasteiger partial charge is 0.550 e. The molecule has 0 unspecified atom stereocenters. The highest BCUT2D eigenvalue weighted by Crippen LogP contribution is 2.43. The van der Waals surface area contributed by atoms with Crippen LogP contribution in [0.25, 0.3) is 0 Å². The zero-order valence-corrected chi connectivity index (χ0v) is 12.0. The lowest BCUT2D eigenvalue weighted by Crippen LogP contribution is -2.48. The summed E-state index contributed by atoms with van der Waals surface area (Å²) in [6.45, 7) is 0.337. The molecule has 1 amide bonds. The summed E-state index contributed by atoms with van der Waals surface area (Å²) in [5, 5.41) is 14.6. The molecule has 2 fully saturated rings. The molecule has 0 radical (unpaired) electrons. The first-order valence-electron chi connectivity index (χ1n) is 6.95. The predicted octanol–water partition coefficient (Wildman–Crippen LogP) is 0.500. The van der Waals surface area contributed by atoms with E-state index in [4.69, 9.17) is 16.3 Å². The highest BCUT2D eigenvalue weighted by atomic mass is 35.5. The van der Waals surface area contributed by atoms with Crippen molar-refractivity contribution in [1.29, 1.82) is 0 Å². The van der Waals surface area contributed by atoms with Crippen LogP contribution in [0.15, 0.2) is 24.3 Å². The van der Waals surface area contributed by atoms with Gasteiger partial charge in [-0.25, -0.2) is 0 Å². The molecular formula is C15H15ClNO4-. The monoisotopic (exact) mass is 308 g/mol. The Bertz CT molecular complexity index is 559. The Morgan fingerprint density at radius 2 is 1.81 bits per heavy atom. The lowest BCUT2D eigenvalue weighted by molar-refractivity contribution is -0.314. The van der Waals surface area contributed by atoms with Gasteiger partial charge in [0.15, 0.2) is 0 Å². The van der Waals surface area contributed by atoms with Gasteiger partial charge in [-0.2, -0.15) is 0 Å². The van der Waals surface area contributed by atoms with Gasteiger partial charge in [-0.15, -0.1) is 0 Å². The van der Waals surface area contributed by atoms with Crippen LogP contribution in [0.2, 0.25) is 5.02 Å². The van der Waals surface area contributed by atoms with E-state index >= 15 is 0 Å². The van der Waals surface area contributed by atoms with Crippen LogP contribution >= 0.6 is 11.6 Å². The van der Waals surface area contributed by atoms with E-state index in [0.717, 1.165) is 12.0 Å². The van der Waals surface area contributed by atoms with Gasteiger partial charge in [-0.05, 0) is 30.5 Å². The molecular weight excluding hydrogens is 294 g/mol. The van der Waals surface area contributed by atoms with Crippen molar-refractivity contribution >= 4 is 23.5 Å². The van der Waals surface area contributed by atoms with Gasteiger partial charge in [0.05, 0.1) is 18.1 Å². The third kappa shape index (κ3) is 2.76. The van der Waals surface area contributed by atoms with Gasteiger partial charge < -0.3 is 20.0 Å². The smallest absolute Gasteiger partial charge is 0.226 e. The Balaban J connectivity index is 1.64. The number of aliphatic carboxylic acids is 1. The Kier molecular flexibility index (Phi) is 3.87. The number of rotatable bonds is 4. The van der Waals surface area contributed by atoms with Crippen LogP contribution < -0.4 is 10.4 Å². The Hall–Kier alpha value is -1.59. The zero-order chi connectivity index (χ0) is 15.0. The summed E-state index contributed by atoms with van der Waals surface area (Å²) in [5.41, 5.74) is 0.904. The maximum atomic E-state index is 12.3. The number of carbonyl (C=O) groups is 2. The van der Waals surface area contributed by atoms with Gasteiger partial charge in [0.2, 0.25) is 5.91 Å². The third-order valence-corrected chi connectivity index (χ3v) is 4.48. The zero-order valence-electron chi connectivity index (χ0n) is 11.3. The van der Waals surface area contributed by atoms with Gasteiger partial charge >= 0.3 is 0 Å². The number of halogens is 1. The van der Waals surface area contributed by atoms with E-state index in [1.807, 2.05) is 12.1 Å². The number of benzene rings is 1. The van der Waals surface area contributed by atoms with Crippen LogP contribution in [0.4, 0.5) is 0 Å². The van der Waals surface area contributed by atoms with Gasteiger partial charge in [0.25, 0.3) is 0 Å². The fraction of sp³-hybridized carbons (Fsp3) is 0.467. The summed E-state index contributed by atoms with van der Waals surface area (Å²) in [7, 11) is 0. The second kappa shape index (κ2) is 5.66. The van der Waals surface area contributed by atoms with E-state index in [9.17, 15) is 14.7 Å². The van der Waals surface area contributed by atoms with Crippen molar-refractivity contribution in [2.75, 3.05) is 0 Å². The summed E-state index contributed by atoms with van der Waals surface area (Å²) in [6.07, 6.45) is 0.729. The number of carboxylic acid groups (broad SMARTS) is 1. The van der Waals surface area contributed by atoms with Gasteiger partial charge in [-0.3, -0.25) is 4.79 Å². The highest BCUT2D eigenvalue weighted by molar-refractivity contribution is 6.30. The molecule has 2 heterocycles. The van der Waals surface area contributed by atoms with Crippen molar-refractivity contribution in [2.45, 2.75) is 31.6 Å². The first kappa shape index (κ1) is 14.4. The Labute approximate surface area is 127 Å². The number of nitrogens with one attached hydrogen (secondary N) is 1. The number of hydrogen-bond acceptors (Lipinski definition) is 4. The van der Waals surface area contributed by atoms with E-state index in [0.29, 0.717) is 18.0 Å². The summed E-state index contributed by atoms with van der Waals surface area (Å²) >= 11 is 5.80. The molecule has 5 nitrogen and oxygen atoms in total. The molecule has 4 atom stereocenters. The number of carboxylic acids is 1. The van der Waals surface area contributed by atoms with Gasteiger partial charge in [0.1, 0.15) is 0 Å². The molecule has 0 aliphatic carbocycles. The minimum atomic E-state index is -1.20. The molecule has 2 bridgehead atoms. The van der Waals surface area contributed by atoms with Crippen molar-refractivity contribution in [3.05, 3.63) is 34.9 Å². The van der Waals surface area contributed by atoms with Gasteiger partial charge in [-0.1, -0.05) is 23.7 Å². The minimum absolute atomic E-state index is 0.286. The number of carbonyl (C=O) groups excluding carboxylic acids is 2. The molecule has 21 heavy (non-hydrogen) atoms. The fourth-order valence-corrected chi connectivity index (χ4v) is 3.35. The van der Waals surface area contributed by atoms with E-state index in [-0.39, 0.29) is 18.1 Å². The Morgan fingerprint density at radius 3 is 2.43 bits per heavy atom. The van der Waals surface area contributed by atoms with Crippen molar-refractivity contribution in [1.82, 2.24) is 5.32 Å². The summed E-state index contributed by atoms with van der Waals surface area (Å²) in [4.78, 5) is 23.5. The molecule has 0 aromatic heterocycles. The van der Waals surface area contributed by atoms with E-state index in [2.05, 4.69) is 5.32 Å². The van der Waals surface area contributed by atoms with Crippen molar-refractivity contribution < 1.29 is 19.4 Å². The molecule has 0 spiro atoms. The molecule has 1 aromatic rings. The van der Waals surface area contributed by atoms with Crippen LogP contribution in [0.3, 0.4) is 0 Å². The van der Waals surface area contributed by atoms with Crippen LogP contribution in [0, 0.1) is 11.8 Å². The summed E-state index contributed by atoms with van der Waals surface area (Å²) in [6, 6.07) is 7.12. The molecule has 3 rings (SSSR count). The summed E-state index contributed by atoms with van der Waals surface area (Å²) < 4.78 is 5.55. The molecule has 6 heteroatoms. The molecule has 1 N–H and O–H groups in total. The predicted molar refractivity (Wildman–Crippen MR) is 73.2 cm³/mol. The Morgan fingerprint density at radius 1 is 1.19 bits per heavy atom. The number of ether oxygens (including phenoxy) is 1. The third-order valence-electron chi connectivity index (χ3n) is 4.23. The first-order chi connectivity index (χ1) is 10.1. The highest BCUT2D eigenvalue weighted by Gasteiger charge is 2.52. The molecule has 2 aliphatic heterocycles. The molecule has 112 valence electrons. The number of amides is 1. The first-order valence-corrected chi connectivity index (χ1v) is 7.32. The second-order valence-corrected chi connectivity index (χ2v) is 5.94. The lowest BCUT2D eigenvalue weighted by Gasteiger charge is -2.27. The molecule has 0 saturated carbocycles. The van der Waals surface area contributed by atoms with E-state index in [1.165, 1.54) is 0 Å². The number of fused-ring (bicyclic) bond motifs is 2. The van der Waals surface area contributed by atoms with E-state index in [1.54, 1.807) is 12.1 Å². The molecule has 2 aliphatic rings.